The Morgan fingerprint density at radius 1 is 1.26 bits per heavy atom. The second kappa shape index (κ2) is 5.66. The van der Waals surface area contributed by atoms with Crippen LogP contribution in [0.1, 0.15) is 58.8 Å². The maximum absolute atomic E-state index is 12.1. The number of rotatable bonds is 3. The van der Waals surface area contributed by atoms with E-state index in [-0.39, 0.29) is 11.8 Å². The largest absolute Gasteiger partial charge is 0.388 e. The molecule has 2 aliphatic rings. The van der Waals surface area contributed by atoms with Gasteiger partial charge in [-0.2, -0.15) is 0 Å². The summed E-state index contributed by atoms with van der Waals surface area (Å²) in [4.78, 5) is 12.1. The quantitative estimate of drug-likeness (QED) is 0.771. The molecule has 3 heteroatoms. The molecular formula is C16H27NO2. The predicted molar refractivity (Wildman–Crippen MR) is 76.7 cm³/mol. The summed E-state index contributed by atoms with van der Waals surface area (Å²) in [5.41, 5.74) is -0.347. The van der Waals surface area contributed by atoms with E-state index in [1.165, 1.54) is 0 Å². The molecule has 0 aromatic carbocycles. The van der Waals surface area contributed by atoms with E-state index in [0.29, 0.717) is 12.0 Å². The van der Waals surface area contributed by atoms with E-state index < -0.39 is 5.60 Å². The van der Waals surface area contributed by atoms with Crippen LogP contribution in [0.4, 0.5) is 0 Å². The molecule has 1 saturated carbocycles. The summed E-state index contributed by atoms with van der Waals surface area (Å²) in [5.74, 6) is 0.219. The van der Waals surface area contributed by atoms with Gasteiger partial charge in [-0.3, -0.25) is 4.79 Å². The Bertz CT molecular complexity index is 350. The first-order chi connectivity index (χ1) is 8.90. The highest BCUT2D eigenvalue weighted by atomic mass is 16.3. The first-order valence-electron chi connectivity index (χ1n) is 7.55. The molecule has 0 heterocycles. The number of amides is 1. The Hall–Kier alpha value is -0.830. The molecule has 108 valence electrons. The maximum Gasteiger partial charge on any atom is 0.223 e. The molecule has 0 aliphatic heterocycles. The van der Waals surface area contributed by atoms with Crippen LogP contribution in [0.3, 0.4) is 0 Å². The van der Waals surface area contributed by atoms with Crippen LogP contribution in [0.2, 0.25) is 0 Å². The highest BCUT2D eigenvalue weighted by Gasteiger charge is 2.37. The lowest BCUT2D eigenvalue weighted by atomic mass is 9.71. The Balaban J connectivity index is 1.78. The van der Waals surface area contributed by atoms with Gasteiger partial charge in [-0.15, -0.1) is 0 Å². The molecule has 2 aliphatic carbocycles. The van der Waals surface area contributed by atoms with Crippen LogP contribution in [-0.2, 0) is 4.79 Å². The van der Waals surface area contributed by atoms with Crippen molar-refractivity contribution < 1.29 is 9.90 Å². The monoisotopic (exact) mass is 265 g/mol. The molecule has 1 atom stereocenters. The van der Waals surface area contributed by atoms with Crippen LogP contribution in [0, 0.1) is 11.3 Å². The minimum absolute atomic E-state index is 0.105. The van der Waals surface area contributed by atoms with Crippen molar-refractivity contribution in [3.63, 3.8) is 0 Å². The Morgan fingerprint density at radius 3 is 2.53 bits per heavy atom. The molecule has 2 N–H and O–H groups in total. The molecule has 0 aromatic rings. The number of hydrogen-bond acceptors (Lipinski definition) is 2. The molecule has 0 aromatic heterocycles. The van der Waals surface area contributed by atoms with E-state index in [2.05, 4.69) is 31.3 Å². The summed E-state index contributed by atoms with van der Waals surface area (Å²) in [6.07, 6.45) is 10.7. The van der Waals surface area contributed by atoms with Crippen molar-refractivity contribution in [1.82, 2.24) is 5.32 Å². The predicted octanol–water partition coefficient (Wildman–Crippen LogP) is 2.79. The molecule has 0 spiro atoms. The molecule has 0 bridgehead atoms. The van der Waals surface area contributed by atoms with Crippen LogP contribution in [0.25, 0.3) is 0 Å². The van der Waals surface area contributed by atoms with Gasteiger partial charge in [0.15, 0.2) is 0 Å². The van der Waals surface area contributed by atoms with E-state index in [1.807, 2.05) is 0 Å². The lowest BCUT2D eigenvalue weighted by Crippen LogP contribution is -2.47. The topological polar surface area (TPSA) is 49.3 Å². The van der Waals surface area contributed by atoms with Crippen molar-refractivity contribution in [2.24, 2.45) is 11.3 Å². The molecule has 1 fully saturated rings. The van der Waals surface area contributed by atoms with E-state index in [4.69, 9.17) is 0 Å². The summed E-state index contributed by atoms with van der Waals surface area (Å²) in [6, 6.07) is 0. The normalized spacial score (nSPS) is 28.9. The third-order valence-corrected chi connectivity index (χ3v) is 4.77. The second-order valence-corrected chi connectivity index (χ2v) is 7.09. The van der Waals surface area contributed by atoms with E-state index in [9.17, 15) is 9.90 Å². The zero-order valence-corrected chi connectivity index (χ0v) is 12.2. The van der Waals surface area contributed by atoms with Gasteiger partial charge >= 0.3 is 0 Å². The Labute approximate surface area is 116 Å². The van der Waals surface area contributed by atoms with E-state index >= 15 is 0 Å². The van der Waals surface area contributed by atoms with Gasteiger partial charge in [0.25, 0.3) is 0 Å². The summed E-state index contributed by atoms with van der Waals surface area (Å²) in [5, 5.41) is 13.5. The highest BCUT2D eigenvalue weighted by Crippen LogP contribution is 2.39. The van der Waals surface area contributed by atoms with Gasteiger partial charge in [-0.25, -0.2) is 0 Å². The molecule has 0 saturated heterocycles. The average molecular weight is 265 g/mol. The number of carbonyl (C=O) groups is 1. The van der Waals surface area contributed by atoms with Crippen molar-refractivity contribution in [2.45, 2.75) is 64.4 Å². The average Bonchev–Trinajstić information content (AvgIpc) is 2.41. The Kier molecular flexibility index (Phi) is 4.34. The Morgan fingerprint density at radius 2 is 1.95 bits per heavy atom. The third-order valence-electron chi connectivity index (χ3n) is 4.77. The van der Waals surface area contributed by atoms with Gasteiger partial charge < -0.3 is 10.4 Å². The van der Waals surface area contributed by atoms with Crippen molar-refractivity contribution in [2.75, 3.05) is 6.54 Å². The zero-order valence-electron chi connectivity index (χ0n) is 12.2. The fraction of sp³-hybridized carbons (Fsp3) is 0.812. The molecular weight excluding hydrogens is 238 g/mol. The van der Waals surface area contributed by atoms with Gasteiger partial charge in [-0.1, -0.05) is 26.0 Å². The van der Waals surface area contributed by atoms with Crippen molar-refractivity contribution in [3.8, 4) is 0 Å². The molecule has 1 unspecified atom stereocenters. The minimum atomic E-state index is -0.685. The van der Waals surface area contributed by atoms with Gasteiger partial charge in [0.1, 0.15) is 0 Å². The van der Waals surface area contributed by atoms with E-state index in [0.717, 1.165) is 44.9 Å². The molecule has 3 nitrogen and oxygen atoms in total. The smallest absolute Gasteiger partial charge is 0.223 e. The SMILES string of the molecule is CC1(C)CCC(O)(CNC(=O)C2CC=CCC2)CC1. The number of nitrogens with one attached hydrogen (secondary N) is 1. The van der Waals surface area contributed by atoms with Crippen molar-refractivity contribution in [3.05, 3.63) is 12.2 Å². The number of allylic oxidation sites excluding steroid dienone is 2. The summed E-state index contributed by atoms with van der Waals surface area (Å²) >= 11 is 0. The first kappa shape index (κ1) is 14.6. The third kappa shape index (κ3) is 4.07. The lowest BCUT2D eigenvalue weighted by Gasteiger charge is -2.40. The summed E-state index contributed by atoms with van der Waals surface area (Å²) < 4.78 is 0. The van der Waals surface area contributed by atoms with Gasteiger partial charge in [0, 0.05) is 12.5 Å². The van der Waals surface area contributed by atoms with Gasteiger partial charge in [0.2, 0.25) is 5.91 Å². The fourth-order valence-corrected chi connectivity index (χ4v) is 3.00. The number of hydrogen-bond donors (Lipinski definition) is 2. The maximum atomic E-state index is 12.1. The number of aliphatic hydroxyl groups is 1. The standard InChI is InChI=1S/C16H27NO2/c1-15(2)8-10-16(19,11-9-15)12-17-14(18)13-6-4-3-5-7-13/h3-4,13,19H,5-12H2,1-2H3,(H,17,18). The van der Waals surface area contributed by atoms with Crippen LogP contribution in [0.15, 0.2) is 12.2 Å². The second-order valence-electron chi connectivity index (χ2n) is 7.09. The van der Waals surface area contributed by atoms with Crippen LogP contribution in [-0.4, -0.2) is 23.2 Å². The minimum Gasteiger partial charge on any atom is -0.388 e. The fourth-order valence-electron chi connectivity index (χ4n) is 3.00. The number of carbonyl (C=O) groups excluding carboxylic acids is 1. The van der Waals surface area contributed by atoms with Crippen molar-refractivity contribution in [1.29, 1.82) is 0 Å². The molecule has 1 amide bonds. The highest BCUT2D eigenvalue weighted by molar-refractivity contribution is 5.79. The lowest BCUT2D eigenvalue weighted by molar-refractivity contribution is -0.127. The van der Waals surface area contributed by atoms with Crippen LogP contribution < -0.4 is 5.32 Å². The summed E-state index contributed by atoms with van der Waals surface area (Å²) in [7, 11) is 0. The molecule has 2 rings (SSSR count). The molecule has 0 radical (unpaired) electrons. The first-order valence-corrected chi connectivity index (χ1v) is 7.55. The van der Waals surface area contributed by atoms with Crippen molar-refractivity contribution >= 4 is 5.91 Å². The molecule has 19 heavy (non-hydrogen) atoms. The van der Waals surface area contributed by atoms with Crippen LogP contribution in [0.5, 0.6) is 0 Å². The van der Waals surface area contributed by atoms with Gasteiger partial charge in [-0.05, 0) is 50.4 Å². The summed E-state index contributed by atoms with van der Waals surface area (Å²) in [6.45, 7) is 4.92. The van der Waals surface area contributed by atoms with Crippen LogP contribution >= 0.6 is 0 Å². The van der Waals surface area contributed by atoms with E-state index in [1.54, 1.807) is 0 Å². The zero-order chi connectivity index (χ0) is 13.9. The van der Waals surface area contributed by atoms with Gasteiger partial charge in [0.05, 0.1) is 5.60 Å².